The molecule has 3 atom stereocenters. The maximum atomic E-state index is 13.1. The van der Waals surface area contributed by atoms with Crippen LogP contribution in [0.4, 0.5) is 18.0 Å². The summed E-state index contributed by atoms with van der Waals surface area (Å²) in [6.45, 7) is 8.97. The van der Waals surface area contributed by atoms with Gasteiger partial charge in [-0.25, -0.2) is 14.4 Å². The number of nitrogens with one attached hydrogen (secondary N) is 3. The second-order valence-corrected chi connectivity index (χ2v) is 11.5. The van der Waals surface area contributed by atoms with E-state index >= 15 is 0 Å². The fraction of sp³-hybridized carbons (Fsp3) is 0.593. The highest BCUT2D eigenvalue weighted by molar-refractivity contribution is 7.98. The molecule has 0 unspecified atom stereocenters. The van der Waals surface area contributed by atoms with Gasteiger partial charge in [-0.1, -0.05) is 44.2 Å². The van der Waals surface area contributed by atoms with Crippen molar-refractivity contribution in [3.05, 3.63) is 35.9 Å². The van der Waals surface area contributed by atoms with Crippen LogP contribution in [0.25, 0.3) is 0 Å². The van der Waals surface area contributed by atoms with Gasteiger partial charge in [0.05, 0.1) is 0 Å². The maximum Gasteiger partial charge on any atom is 0.490 e. The van der Waals surface area contributed by atoms with E-state index < -0.39 is 59.7 Å². The van der Waals surface area contributed by atoms with E-state index in [1.54, 1.807) is 45.0 Å². The van der Waals surface area contributed by atoms with Crippen molar-refractivity contribution in [1.82, 2.24) is 16.0 Å². The summed E-state index contributed by atoms with van der Waals surface area (Å²) in [6.07, 6.45) is -3.17. The third kappa shape index (κ3) is 17.4. The summed E-state index contributed by atoms with van der Waals surface area (Å²) in [5.41, 5.74) is 0.0401. The zero-order valence-electron chi connectivity index (χ0n) is 24.4. The number of carbonyl (C=O) groups excluding carboxylic acids is 3. The average Bonchev–Trinajstić information content (AvgIpc) is 2.84. The molecule has 42 heavy (non-hydrogen) atoms. The summed E-state index contributed by atoms with van der Waals surface area (Å²) < 4.78 is 37.0. The number of hydrogen-bond acceptors (Lipinski definition) is 7. The summed E-state index contributed by atoms with van der Waals surface area (Å²) in [4.78, 5) is 59.1. The first kappa shape index (κ1) is 38.5. The van der Waals surface area contributed by atoms with Crippen molar-refractivity contribution in [2.75, 3.05) is 12.0 Å². The van der Waals surface area contributed by atoms with E-state index in [-0.39, 0.29) is 12.3 Å². The van der Waals surface area contributed by atoms with E-state index in [1.807, 2.05) is 26.2 Å². The standard InChI is InChI=1S/C25H39N3O6S.C2HF3O2/c1-16(2)14-19(22(30)27-20(23(31)32)15-17-10-8-7-9-11-17)26-21(29)18(12-13-35-6)28-24(33)34-25(3,4)5;3-2(4,5)1(6)7/h7-11,16,18-20H,12-15H2,1-6H3,(H,26,29)(H,27,30)(H,28,33)(H,31,32);(H,6,7)/t18-,19-,20-;/m0./s1. The number of rotatable bonds is 13. The molecule has 5 N–H and O–H groups in total. The van der Waals surface area contributed by atoms with E-state index in [1.165, 1.54) is 11.8 Å². The lowest BCUT2D eigenvalue weighted by Gasteiger charge is -2.26. The number of benzene rings is 1. The van der Waals surface area contributed by atoms with Crippen molar-refractivity contribution in [3.8, 4) is 0 Å². The van der Waals surface area contributed by atoms with Gasteiger partial charge >= 0.3 is 24.2 Å². The van der Waals surface area contributed by atoms with Gasteiger partial charge < -0.3 is 30.9 Å². The van der Waals surface area contributed by atoms with E-state index in [2.05, 4.69) is 16.0 Å². The van der Waals surface area contributed by atoms with Crippen LogP contribution in [-0.4, -0.2) is 82.0 Å². The Morgan fingerprint density at radius 3 is 1.81 bits per heavy atom. The topological polar surface area (TPSA) is 171 Å². The lowest BCUT2D eigenvalue weighted by atomic mass is 10.0. The molecule has 238 valence electrons. The Morgan fingerprint density at radius 1 is 0.881 bits per heavy atom. The number of thioether (sulfide) groups is 1. The zero-order chi connectivity index (χ0) is 32.7. The summed E-state index contributed by atoms with van der Waals surface area (Å²) in [6, 6.07) is 5.97. The molecule has 0 aliphatic rings. The van der Waals surface area contributed by atoms with Crippen LogP contribution in [0, 0.1) is 5.92 Å². The monoisotopic (exact) mass is 623 g/mol. The molecule has 1 aromatic rings. The van der Waals surface area contributed by atoms with E-state index in [4.69, 9.17) is 14.6 Å². The van der Waals surface area contributed by atoms with Gasteiger partial charge in [0.25, 0.3) is 0 Å². The summed E-state index contributed by atoms with van der Waals surface area (Å²) in [5.74, 6) is -4.38. The lowest BCUT2D eigenvalue weighted by molar-refractivity contribution is -0.192. The molecule has 0 fully saturated rings. The van der Waals surface area contributed by atoms with E-state index in [0.29, 0.717) is 18.6 Å². The maximum absolute atomic E-state index is 13.1. The van der Waals surface area contributed by atoms with Crippen LogP contribution in [0.5, 0.6) is 0 Å². The largest absolute Gasteiger partial charge is 0.490 e. The molecular formula is C27H40F3N3O8S. The Hall–Kier alpha value is -3.49. The van der Waals surface area contributed by atoms with Crippen LogP contribution in [0.1, 0.15) is 53.0 Å². The third-order valence-corrected chi connectivity index (χ3v) is 5.74. The molecule has 0 aromatic heterocycles. The molecular weight excluding hydrogens is 583 g/mol. The van der Waals surface area contributed by atoms with Crippen molar-refractivity contribution in [3.63, 3.8) is 0 Å². The zero-order valence-corrected chi connectivity index (χ0v) is 25.2. The number of amides is 3. The Balaban J connectivity index is 0.00000212. The molecule has 0 aliphatic heterocycles. The highest BCUT2D eigenvalue weighted by Crippen LogP contribution is 2.13. The minimum Gasteiger partial charge on any atom is -0.480 e. The Kier molecular flexibility index (Phi) is 16.6. The fourth-order valence-corrected chi connectivity index (χ4v) is 3.72. The van der Waals surface area contributed by atoms with Gasteiger partial charge in [0.15, 0.2) is 0 Å². The SMILES string of the molecule is CSCC[C@H](NC(=O)OC(C)(C)C)C(=O)N[C@@H](CC(C)C)C(=O)N[C@@H](Cc1ccccc1)C(=O)O.O=C(O)C(F)(F)F. The number of hydrogen-bond donors (Lipinski definition) is 5. The second-order valence-electron chi connectivity index (χ2n) is 10.6. The highest BCUT2D eigenvalue weighted by atomic mass is 32.2. The number of carboxylic acid groups (broad SMARTS) is 2. The molecule has 0 saturated heterocycles. The smallest absolute Gasteiger partial charge is 0.480 e. The molecule has 0 spiro atoms. The average molecular weight is 624 g/mol. The minimum atomic E-state index is -5.08. The number of carboxylic acids is 2. The van der Waals surface area contributed by atoms with Crippen LogP contribution in [-0.2, 0) is 30.3 Å². The van der Waals surface area contributed by atoms with Crippen molar-refractivity contribution < 1.29 is 52.1 Å². The Labute approximate surface area is 247 Å². The fourth-order valence-electron chi connectivity index (χ4n) is 3.25. The molecule has 0 saturated carbocycles. The number of ether oxygens (including phenoxy) is 1. The van der Waals surface area contributed by atoms with Gasteiger partial charge in [-0.3, -0.25) is 9.59 Å². The molecule has 15 heteroatoms. The predicted octanol–water partition coefficient (Wildman–Crippen LogP) is 3.61. The molecule has 0 bridgehead atoms. The van der Waals surface area contributed by atoms with Gasteiger partial charge in [-0.05, 0) is 57.1 Å². The Morgan fingerprint density at radius 2 is 1.38 bits per heavy atom. The minimum absolute atomic E-state index is 0.0481. The second kappa shape index (κ2) is 18.1. The van der Waals surface area contributed by atoms with Crippen LogP contribution in [0.15, 0.2) is 30.3 Å². The molecule has 3 amide bonds. The number of aliphatic carboxylic acids is 2. The first-order valence-corrected chi connectivity index (χ1v) is 14.3. The van der Waals surface area contributed by atoms with Gasteiger partial charge in [0, 0.05) is 6.42 Å². The molecule has 0 heterocycles. The van der Waals surface area contributed by atoms with Crippen LogP contribution >= 0.6 is 11.8 Å². The van der Waals surface area contributed by atoms with Crippen molar-refractivity contribution in [2.45, 2.75) is 83.8 Å². The van der Waals surface area contributed by atoms with Gasteiger partial charge in [0.2, 0.25) is 11.8 Å². The van der Waals surface area contributed by atoms with Crippen molar-refractivity contribution in [1.29, 1.82) is 0 Å². The van der Waals surface area contributed by atoms with Crippen LogP contribution in [0.2, 0.25) is 0 Å². The first-order valence-electron chi connectivity index (χ1n) is 12.9. The highest BCUT2D eigenvalue weighted by Gasteiger charge is 2.38. The lowest BCUT2D eigenvalue weighted by Crippen LogP contribution is -2.56. The number of alkyl carbamates (subject to hydrolysis) is 1. The molecule has 1 aromatic carbocycles. The normalized spacial score (nSPS) is 13.5. The van der Waals surface area contributed by atoms with E-state index in [9.17, 15) is 37.5 Å². The van der Waals surface area contributed by atoms with Gasteiger partial charge in [-0.15, -0.1) is 0 Å². The quantitative estimate of drug-likeness (QED) is 0.220. The molecule has 11 nitrogen and oxygen atoms in total. The van der Waals surface area contributed by atoms with Gasteiger partial charge in [-0.2, -0.15) is 24.9 Å². The number of alkyl halides is 3. The predicted molar refractivity (Wildman–Crippen MR) is 151 cm³/mol. The first-order chi connectivity index (χ1) is 19.3. The number of carbonyl (C=O) groups is 5. The summed E-state index contributed by atoms with van der Waals surface area (Å²) >= 11 is 1.52. The summed E-state index contributed by atoms with van der Waals surface area (Å²) in [7, 11) is 0. The van der Waals surface area contributed by atoms with Crippen molar-refractivity contribution in [2.24, 2.45) is 5.92 Å². The van der Waals surface area contributed by atoms with Crippen molar-refractivity contribution >= 4 is 41.6 Å². The van der Waals surface area contributed by atoms with E-state index in [0.717, 1.165) is 5.56 Å². The molecule has 0 aliphatic carbocycles. The Bertz CT molecular complexity index is 1030. The van der Waals surface area contributed by atoms with Crippen LogP contribution in [0.3, 0.4) is 0 Å². The molecule has 0 radical (unpaired) electrons. The number of halogens is 3. The molecule has 1 rings (SSSR count). The third-order valence-electron chi connectivity index (χ3n) is 5.10. The van der Waals surface area contributed by atoms with Crippen LogP contribution < -0.4 is 16.0 Å². The summed E-state index contributed by atoms with van der Waals surface area (Å²) in [5, 5.41) is 24.6. The van der Waals surface area contributed by atoms with Gasteiger partial charge in [0.1, 0.15) is 23.7 Å².